The fourth-order valence-corrected chi connectivity index (χ4v) is 1.22. The predicted octanol–water partition coefficient (Wildman–Crippen LogP) is 2.37. The summed E-state index contributed by atoms with van der Waals surface area (Å²) in [5.74, 6) is 0.904. The fraction of sp³-hybridized carbons (Fsp3) is 0.200. The molecule has 2 rings (SSSR count). The lowest BCUT2D eigenvalue weighted by Gasteiger charge is -2.01. The van der Waals surface area contributed by atoms with Gasteiger partial charge in [0, 0.05) is 23.2 Å². The summed E-state index contributed by atoms with van der Waals surface area (Å²) < 4.78 is 5.35. The summed E-state index contributed by atoms with van der Waals surface area (Å²) in [6, 6.07) is 9.02. The maximum absolute atomic E-state index is 5.35. The Morgan fingerprint density at radius 1 is 1.50 bits per heavy atom. The first kappa shape index (κ1) is 7.22. The lowest BCUT2D eigenvalue weighted by atomic mass is 10.2. The van der Waals surface area contributed by atoms with Gasteiger partial charge in [-0.25, -0.2) is 0 Å². The summed E-state index contributed by atoms with van der Waals surface area (Å²) in [6.07, 6.45) is 1.81. The molecular weight excluding hydrogens is 150 g/mol. The van der Waals surface area contributed by atoms with Crippen LogP contribution in [0.5, 0.6) is 5.75 Å². The highest BCUT2D eigenvalue weighted by molar-refractivity contribution is 5.80. The zero-order valence-electron chi connectivity index (χ0n) is 6.92. The first-order chi connectivity index (χ1) is 5.90. The second-order valence-electron chi connectivity index (χ2n) is 2.57. The molecule has 0 fully saturated rings. The molecule has 0 bridgehead atoms. The van der Waals surface area contributed by atoms with Crippen LogP contribution in [0.1, 0.15) is 6.92 Å². The summed E-state index contributed by atoms with van der Waals surface area (Å²) >= 11 is 0. The number of fused-ring (bicyclic) bond motifs is 1. The van der Waals surface area contributed by atoms with E-state index in [4.69, 9.17) is 4.74 Å². The van der Waals surface area contributed by atoms with Crippen molar-refractivity contribution in [3.05, 3.63) is 30.5 Å². The quantitative estimate of drug-likeness (QED) is 0.716. The Kier molecular flexibility index (Phi) is 1.74. The number of rotatable bonds is 2. The Balaban J connectivity index is 2.46. The Labute approximate surface area is 71.2 Å². The summed E-state index contributed by atoms with van der Waals surface area (Å²) in [4.78, 5) is 3.08. The average Bonchev–Trinajstić information content (AvgIpc) is 2.51. The van der Waals surface area contributed by atoms with Crippen molar-refractivity contribution >= 4 is 10.9 Å². The van der Waals surface area contributed by atoms with Crippen LogP contribution in [0.2, 0.25) is 0 Å². The van der Waals surface area contributed by atoms with Gasteiger partial charge in [-0.15, -0.1) is 0 Å². The number of hydrogen-bond donors (Lipinski definition) is 1. The number of aromatic nitrogens is 1. The Morgan fingerprint density at radius 3 is 3.25 bits per heavy atom. The van der Waals surface area contributed by atoms with Gasteiger partial charge in [0.25, 0.3) is 0 Å². The van der Waals surface area contributed by atoms with Crippen molar-refractivity contribution in [1.82, 2.24) is 4.98 Å². The molecule has 0 atom stereocenters. The number of nitrogens with one attached hydrogen (secondary N) is 1. The van der Waals surface area contributed by atoms with Crippen LogP contribution in [0, 0.1) is 6.07 Å². The molecule has 1 radical (unpaired) electrons. The van der Waals surface area contributed by atoms with Crippen LogP contribution in [0.25, 0.3) is 10.9 Å². The van der Waals surface area contributed by atoms with E-state index in [9.17, 15) is 0 Å². The second kappa shape index (κ2) is 2.89. The van der Waals surface area contributed by atoms with E-state index in [1.807, 2.05) is 25.1 Å². The number of hydrogen-bond acceptors (Lipinski definition) is 1. The third-order valence-electron chi connectivity index (χ3n) is 1.76. The normalized spacial score (nSPS) is 10.4. The number of aromatic amines is 1. The number of benzene rings is 1. The molecule has 0 aliphatic carbocycles. The van der Waals surface area contributed by atoms with E-state index < -0.39 is 0 Å². The van der Waals surface area contributed by atoms with Crippen molar-refractivity contribution < 1.29 is 4.74 Å². The van der Waals surface area contributed by atoms with Crippen LogP contribution in [-0.4, -0.2) is 11.6 Å². The highest BCUT2D eigenvalue weighted by Gasteiger charge is 1.96. The van der Waals surface area contributed by atoms with E-state index in [-0.39, 0.29) is 0 Å². The van der Waals surface area contributed by atoms with Crippen LogP contribution in [0.15, 0.2) is 24.4 Å². The van der Waals surface area contributed by atoms with Gasteiger partial charge in [-0.3, -0.25) is 0 Å². The van der Waals surface area contributed by atoms with Gasteiger partial charge < -0.3 is 9.72 Å². The molecule has 1 aromatic carbocycles. The van der Waals surface area contributed by atoms with Gasteiger partial charge in [0.1, 0.15) is 5.75 Å². The van der Waals surface area contributed by atoms with Crippen molar-refractivity contribution in [2.24, 2.45) is 0 Å². The van der Waals surface area contributed by atoms with Crippen LogP contribution >= 0.6 is 0 Å². The Morgan fingerprint density at radius 2 is 2.42 bits per heavy atom. The van der Waals surface area contributed by atoms with E-state index in [2.05, 4.69) is 11.1 Å². The largest absolute Gasteiger partial charge is 0.494 e. The SMILES string of the molecule is CCOc1ccc2[nH]c[c]c2c1. The van der Waals surface area contributed by atoms with Crippen LogP contribution in [0.4, 0.5) is 0 Å². The molecule has 0 spiro atoms. The van der Waals surface area contributed by atoms with Crippen LogP contribution in [0.3, 0.4) is 0 Å². The topological polar surface area (TPSA) is 25.0 Å². The second-order valence-corrected chi connectivity index (χ2v) is 2.57. The van der Waals surface area contributed by atoms with Crippen molar-refractivity contribution in [3.8, 4) is 5.75 Å². The molecule has 12 heavy (non-hydrogen) atoms. The molecule has 0 aliphatic heterocycles. The van der Waals surface area contributed by atoms with E-state index >= 15 is 0 Å². The van der Waals surface area contributed by atoms with Crippen LogP contribution < -0.4 is 4.74 Å². The molecule has 2 heteroatoms. The molecule has 0 amide bonds. The third kappa shape index (κ3) is 1.16. The summed E-state index contributed by atoms with van der Waals surface area (Å²) in [5, 5.41) is 1.07. The smallest absolute Gasteiger partial charge is 0.120 e. The zero-order chi connectivity index (χ0) is 8.39. The van der Waals surface area contributed by atoms with E-state index in [0.717, 1.165) is 16.7 Å². The highest BCUT2D eigenvalue weighted by atomic mass is 16.5. The lowest BCUT2D eigenvalue weighted by molar-refractivity contribution is 0.341. The van der Waals surface area contributed by atoms with E-state index in [1.54, 1.807) is 6.20 Å². The molecule has 1 aromatic heterocycles. The highest BCUT2D eigenvalue weighted by Crippen LogP contribution is 2.18. The van der Waals surface area contributed by atoms with Crippen molar-refractivity contribution in [2.45, 2.75) is 6.92 Å². The number of ether oxygens (including phenoxy) is 1. The molecule has 1 N–H and O–H groups in total. The van der Waals surface area contributed by atoms with Crippen molar-refractivity contribution in [1.29, 1.82) is 0 Å². The van der Waals surface area contributed by atoms with Crippen molar-refractivity contribution in [2.75, 3.05) is 6.61 Å². The standard InChI is InChI=1S/C10H10NO/c1-2-12-9-3-4-10-8(7-9)5-6-11-10/h3-4,6-7,11H,2H2,1H3. The van der Waals surface area contributed by atoms with Gasteiger partial charge in [0.2, 0.25) is 0 Å². The first-order valence-corrected chi connectivity index (χ1v) is 4.02. The minimum Gasteiger partial charge on any atom is -0.494 e. The summed E-state index contributed by atoms with van der Waals surface area (Å²) in [7, 11) is 0. The van der Waals surface area contributed by atoms with Gasteiger partial charge >= 0.3 is 0 Å². The third-order valence-corrected chi connectivity index (χ3v) is 1.76. The molecule has 1 heterocycles. The molecular formula is C10H10NO. The molecule has 0 aliphatic rings. The summed E-state index contributed by atoms with van der Waals surface area (Å²) in [5.41, 5.74) is 1.10. The maximum atomic E-state index is 5.35. The van der Waals surface area contributed by atoms with Gasteiger partial charge in [0.15, 0.2) is 0 Å². The fourth-order valence-electron chi connectivity index (χ4n) is 1.22. The van der Waals surface area contributed by atoms with Gasteiger partial charge in [-0.1, -0.05) is 0 Å². The maximum Gasteiger partial charge on any atom is 0.120 e. The molecule has 0 saturated heterocycles. The van der Waals surface area contributed by atoms with E-state index in [0.29, 0.717) is 6.61 Å². The van der Waals surface area contributed by atoms with Crippen molar-refractivity contribution in [3.63, 3.8) is 0 Å². The van der Waals surface area contributed by atoms with E-state index in [1.165, 1.54) is 0 Å². The monoisotopic (exact) mass is 160 g/mol. The van der Waals surface area contributed by atoms with Gasteiger partial charge in [0.05, 0.1) is 6.61 Å². The minimum absolute atomic E-state index is 0.704. The average molecular weight is 160 g/mol. The number of H-pyrrole nitrogens is 1. The zero-order valence-corrected chi connectivity index (χ0v) is 6.92. The first-order valence-electron chi connectivity index (χ1n) is 4.02. The molecule has 61 valence electrons. The minimum atomic E-state index is 0.704. The lowest BCUT2D eigenvalue weighted by Crippen LogP contribution is -1.90. The predicted molar refractivity (Wildman–Crippen MR) is 48.3 cm³/mol. The molecule has 0 unspecified atom stereocenters. The Bertz CT molecular complexity index is 378. The molecule has 2 nitrogen and oxygen atoms in total. The van der Waals surface area contributed by atoms with Gasteiger partial charge in [-0.2, -0.15) is 0 Å². The molecule has 2 aromatic rings. The van der Waals surface area contributed by atoms with Gasteiger partial charge in [-0.05, 0) is 25.1 Å². The Hall–Kier alpha value is -1.44. The summed E-state index contributed by atoms with van der Waals surface area (Å²) in [6.45, 7) is 2.68. The van der Waals surface area contributed by atoms with Crippen LogP contribution in [-0.2, 0) is 0 Å². The molecule has 0 saturated carbocycles.